The van der Waals surface area contributed by atoms with Crippen molar-refractivity contribution in [3.8, 4) is 0 Å². The quantitative estimate of drug-likeness (QED) is 0.881. The molecule has 1 aromatic rings. The molecule has 1 aromatic carbocycles. The fourth-order valence-corrected chi connectivity index (χ4v) is 2.38. The number of benzene rings is 1. The molecule has 0 atom stereocenters. The van der Waals surface area contributed by atoms with Crippen LogP contribution >= 0.6 is 0 Å². The second-order valence-electron chi connectivity index (χ2n) is 5.24. The van der Waals surface area contributed by atoms with Crippen LogP contribution in [0.1, 0.15) is 19.4 Å². The molecule has 1 N–H and O–H groups in total. The standard InChI is InChI=1S/C15H23N3O/c1-12(2)17-10-11-18(15(17)19)14-6-4-13(5-7-14)8-9-16-3/h4-7,12,16H,8-11H2,1-3H3. The van der Waals surface area contributed by atoms with E-state index in [4.69, 9.17) is 0 Å². The fourth-order valence-electron chi connectivity index (χ4n) is 2.38. The molecule has 2 amide bonds. The molecule has 0 aromatic heterocycles. The minimum atomic E-state index is 0.123. The van der Waals surface area contributed by atoms with Crippen molar-refractivity contribution in [3.63, 3.8) is 0 Å². The molecular weight excluding hydrogens is 238 g/mol. The number of urea groups is 1. The number of likely N-dealkylation sites (N-methyl/N-ethyl adjacent to an activating group) is 1. The second kappa shape index (κ2) is 6.06. The van der Waals surface area contributed by atoms with Gasteiger partial charge in [-0.2, -0.15) is 0 Å². The van der Waals surface area contributed by atoms with E-state index in [0.29, 0.717) is 0 Å². The molecule has 0 aliphatic carbocycles. The maximum atomic E-state index is 12.2. The maximum Gasteiger partial charge on any atom is 0.324 e. The van der Waals surface area contributed by atoms with Crippen LogP contribution in [-0.2, 0) is 6.42 Å². The Labute approximate surface area is 115 Å². The Hall–Kier alpha value is -1.55. The summed E-state index contributed by atoms with van der Waals surface area (Å²) in [5.74, 6) is 0. The highest BCUT2D eigenvalue weighted by atomic mass is 16.2. The monoisotopic (exact) mass is 261 g/mol. The number of rotatable bonds is 5. The summed E-state index contributed by atoms with van der Waals surface area (Å²) in [6.07, 6.45) is 1.02. The van der Waals surface area contributed by atoms with Gasteiger partial charge in [-0.1, -0.05) is 12.1 Å². The van der Waals surface area contributed by atoms with Crippen LogP contribution in [0.2, 0.25) is 0 Å². The maximum absolute atomic E-state index is 12.2. The predicted molar refractivity (Wildman–Crippen MR) is 78.7 cm³/mol. The Morgan fingerprint density at radius 2 is 1.89 bits per heavy atom. The van der Waals surface area contributed by atoms with Crippen LogP contribution in [0, 0.1) is 0 Å². The van der Waals surface area contributed by atoms with Crippen molar-refractivity contribution in [1.29, 1.82) is 0 Å². The van der Waals surface area contributed by atoms with E-state index in [1.807, 2.05) is 29.0 Å². The average molecular weight is 261 g/mol. The van der Waals surface area contributed by atoms with Crippen LogP contribution in [0.4, 0.5) is 10.5 Å². The lowest BCUT2D eigenvalue weighted by Gasteiger charge is -2.21. The van der Waals surface area contributed by atoms with Crippen LogP contribution in [0.25, 0.3) is 0 Å². The lowest BCUT2D eigenvalue weighted by molar-refractivity contribution is 0.209. The number of nitrogens with one attached hydrogen (secondary N) is 1. The second-order valence-corrected chi connectivity index (χ2v) is 5.24. The molecule has 4 nitrogen and oxygen atoms in total. The molecule has 2 rings (SSSR count). The number of anilines is 1. The molecule has 0 unspecified atom stereocenters. The van der Waals surface area contributed by atoms with Crippen molar-refractivity contribution in [1.82, 2.24) is 10.2 Å². The van der Waals surface area contributed by atoms with Gasteiger partial charge < -0.3 is 10.2 Å². The van der Waals surface area contributed by atoms with Crippen LogP contribution < -0.4 is 10.2 Å². The van der Waals surface area contributed by atoms with E-state index in [0.717, 1.165) is 31.7 Å². The highest BCUT2D eigenvalue weighted by molar-refractivity contribution is 5.94. The summed E-state index contributed by atoms with van der Waals surface area (Å²) in [7, 11) is 1.96. The summed E-state index contributed by atoms with van der Waals surface area (Å²) in [6.45, 7) is 6.69. The Kier molecular flexibility index (Phi) is 4.43. The van der Waals surface area contributed by atoms with Gasteiger partial charge in [-0.15, -0.1) is 0 Å². The summed E-state index contributed by atoms with van der Waals surface area (Å²) < 4.78 is 0. The third kappa shape index (κ3) is 3.07. The first-order valence-corrected chi connectivity index (χ1v) is 6.95. The lowest BCUT2D eigenvalue weighted by atomic mass is 10.1. The van der Waals surface area contributed by atoms with Gasteiger partial charge >= 0.3 is 6.03 Å². The highest BCUT2D eigenvalue weighted by Crippen LogP contribution is 2.22. The van der Waals surface area contributed by atoms with Crippen LogP contribution in [-0.4, -0.2) is 43.7 Å². The van der Waals surface area contributed by atoms with Gasteiger partial charge in [-0.3, -0.25) is 4.90 Å². The van der Waals surface area contributed by atoms with Gasteiger partial charge in [0.15, 0.2) is 0 Å². The molecule has 0 bridgehead atoms. The van der Waals surface area contributed by atoms with Crippen molar-refractivity contribution in [2.24, 2.45) is 0 Å². The molecule has 0 spiro atoms. The van der Waals surface area contributed by atoms with Gasteiger partial charge in [0.2, 0.25) is 0 Å². The third-order valence-corrected chi connectivity index (χ3v) is 3.58. The minimum Gasteiger partial charge on any atom is -0.320 e. The number of amides is 2. The number of carbonyl (C=O) groups is 1. The van der Waals surface area contributed by atoms with Crippen molar-refractivity contribution in [2.75, 3.05) is 31.6 Å². The molecule has 1 fully saturated rings. The zero-order valence-corrected chi connectivity index (χ0v) is 12.0. The topological polar surface area (TPSA) is 35.6 Å². The normalized spacial score (nSPS) is 15.7. The zero-order chi connectivity index (χ0) is 13.8. The molecule has 0 saturated carbocycles. The Balaban J connectivity index is 2.05. The summed E-state index contributed by atoms with van der Waals surface area (Å²) in [5, 5.41) is 3.14. The lowest BCUT2D eigenvalue weighted by Crippen LogP contribution is -2.36. The first kappa shape index (κ1) is 13.9. The van der Waals surface area contributed by atoms with Gasteiger partial charge in [-0.25, -0.2) is 4.79 Å². The van der Waals surface area contributed by atoms with Crippen molar-refractivity contribution >= 4 is 11.7 Å². The van der Waals surface area contributed by atoms with Crippen LogP contribution in [0.15, 0.2) is 24.3 Å². The van der Waals surface area contributed by atoms with E-state index in [1.54, 1.807) is 0 Å². The molecule has 0 radical (unpaired) electrons. The van der Waals surface area contributed by atoms with Gasteiger partial charge in [-0.05, 0) is 51.6 Å². The van der Waals surface area contributed by atoms with Crippen LogP contribution in [0.3, 0.4) is 0 Å². The Morgan fingerprint density at radius 3 is 2.42 bits per heavy atom. The number of hydrogen-bond donors (Lipinski definition) is 1. The fraction of sp³-hybridized carbons (Fsp3) is 0.533. The van der Waals surface area contributed by atoms with Gasteiger partial charge in [0.25, 0.3) is 0 Å². The summed E-state index contributed by atoms with van der Waals surface area (Å²) >= 11 is 0. The molecule has 104 valence electrons. The van der Waals surface area contributed by atoms with E-state index in [-0.39, 0.29) is 12.1 Å². The molecule has 1 aliphatic heterocycles. The zero-order valence-electron chi connectivity index (χ0n) is 12.0. The first-order valence-electron chi connectivity index (χ1n) is 6.95. The highest BCUT2D eigenvalue weighted by Gasteiger charge is 2.30. The van der Waals surface area contributed by atoms with Gasteiger partial charge in [0, 0.05) is 24.8 Å². The third-order valence-electron chi connectivity index (χ3n) is 3.58. The SMILES string of the molecule is CNCCc1ccc(N2CCN(C(C)C)C2=O)cc1. The number of nitrogens with zero attached hydrogens (tertiary/aromatic N) is 2. The van der Waals surface area contributed by atoms with Gasteiger partial charge in [0.1, 0.15) is 0 Å². The largest absolute Gasteiger partial charge is 0.324 e. The molecule has 4 heteroatoms. The molecule has 1 saturated heterocycles. The van der Waals surface area contributed by atoms with Crippen molar-refractivity contribution in [3.05, 3.63) is 29.8 Å². The first-order chi connectivity index (χ1) is 9.13. The van der Waals surface area contributed by atoms with Crippen molar-refractivity contribution in [2.45, 2.75) is 26.3 Å². The average Bonchev–Trinajstić information content (AvgIpc) is 2.79. The van der Waals surface area contributed by atoms with E-state index in [9.17, 15) is 4.79 Å². The Morgan fingerprint density at radius 1 is 1.21 bits per heavy atom. The van der Waals surface area contributed by atoms with Gasteiger partial charge in [0.05, 0.1) is 0 Å². The van der Waals surface area contributed by atoms with E-state index in [1.165, 1.54) is 5.56 Å². The molecule has 1 aliphatic rings. The minimum absolute atomic E-state index is 0.123. The molecule has 1 heterocycles. The molecule has 19 heavy (non-hydrogen) atoms. The van der Waals surface area contributed by atoms with E-state index >= 15 is 0 Å². The predicted octanol–water partition coefficient (Wildman–Crippen LogP) is 2.10. The smallest absolute Gasteiger partial charge is 0.320 e. The Bertz CT molecular complexity index is 428. The summed E-state index contributed by atoms with van der Waals surface area (Å²) in [4.78, 5) is 16.0. The molecular formula is C15H23N3O. The summed E-state index contributed by atoms with van der Waals surface area (Å²) in [5.41, 5.74) is 2.30. The van der Waals surface area contributed by atoms with E-state index in [2.05, 4.69) is 31.3 Å². The number of carbonyl (C=O) groups excluding carboxylic acids is 1. The number of hydrogen-bond acceptors (Lipinski definition) is 2. The van der Waals surface area contributed by atoms with Crippen LogP contribution in [0.5, 0.6) is 0 Å². The van der Waals surface area contributed by atoms with Crippen molar-refractivity contribution < 1.29 is 4.79 Å². The summed E-state index contributed by atoms with van der Waals surface area (Å²) in [6, 6.07) is 8.71. The van der Waals surface area contributed by atoms with E-state index < -0.39 is 0 Å².